The van der Waals surface area contributed by atoms with E-state index < -0.39 is 0 Å². The SMILES string of the molecule is Cc1cccc(-n2nc(C)c(C(=O)NCc3ccccn3)c2C(C)C)c1. The van der Waals surface area contributed by atoms with E-state index in [0.29, 0.717) is 12.1 Å². The summed E-state index contributed by atoms with van der Waals surface area (Å²) in [6.07, 6.45) is 1.72. The first-order valence-electron chi connectivity index (χ1n) is 8.82. The number of benzene rings is 1. The molecular weight excluding hydrogens is 324 g/mol. The summed E-state index contributed by atoms with van der Waals surface area (Å²) in [5.41, 5.74) is 5.26. The van der Waals surface area contributed by atoms with Gasteiger partial charge >= 0.3 is 0 Å². The van der Waals surface area contributed by atoms with Crippen molar-refractivity contribution in [1.29, 1.82) is 0 Å². The maximum Gasteiger partial charge on any atom is 0.255 e. The average Bonchev–Trinajstić information content (AvgIpc) is 2.98. The number of amides is 1. The van der Waals surface area contributed by atoms with Crippen LogP contribution in [0.3, 0.4) is 0 Å². The van der Waals surface area contributed by atoms with Gasteiger partial charge in [0.25, 0.3) is 5.91 Å². The predicted octanol–water partition coefficient (Wildman–Crippen LogP) is 3.94. The lowest BCUT2D eigenvalue weighted by atomic mass is 10.0. The van der Waals surface area contributed by atoms with E-state index in [-0.39, 0.29) is 11.8 Å². The Labute approximate surface area is 154 Å². The lowest BCUT2D eigenvalue weighted by Crippen LogP contribution is -2.25. The molecule has 0 atom stereocenters. The zero-order chi connectivity index (χ0) is 18.7. The van der Waals surface area contributed by atoms with E-state index in [1.165, 1.54) is 0 Å². The molecular formula is C21H24N4O. The minimum atomic E-state index is -0.115. The van der Waals surface area contributed by atoms with Crippen molar-refractivity contribution in [1.82, 2.24) is 20.1 Å². The third kappa shape index (κ3) is 3.67. The molecule has 1 aromatic carbocycles. The summed E-state index contributed by atoms with van der Waals surface area (Å²) in [6, 6.07) is 13.8. The van der Waals surface area contributed by atoms with Gasteiger partial charge in [0.1, 0.15) is 0 Å². The molecule has 0 spiro atoms. The van der Waals surface area contributed by atoms with Crippen molar-refractivity contribution in [2.75, 3.05) is 0 Å². The van der Waals surface area contributed by atoms with Gasteiger partial charge in [-0.05, 0) is 49.6 Å². The fourth-order valence-corrected chi connectivity index (χ4v) is 3.08. The molecule has 0 aliphatic rings. The number of rotatable bonds is 5. The van der Waals surface area contributed by atoms with Gasteiger partial charge in [-0.15, -0.1) is 0 Å². The van der Waals surface area contributed by atoms with E-state index in [4.69, 9.17) is 0 Å². The second kappa shape index (κ2) is 7.52. The topological polar surface area (TPSA) is 59.8 Å². The average molecular weight is 348 g/mol. The van der Waals surface area contributed by atoms with Crippen LogP contribution in [0, 0.1) is 13.8 Å². The molecule has 2 aromatic heterocycles. The Kier molecular flexibility index (Phi) is 5.16. The summed E-state index contributed by atoms with van der Waals surface area (Å²) < 4.78 is 1.89. The smallest absolute Gasteiger partial charge is 0.255 e. The van der Waals surface area contributed by atoms with E-state index in [2.05, 4.69) is 48.3 Å². The number of nitrogens with zero attached hydrogens (tertiary/aromatic N) is 3. The van der Waals surface area contributed by atoms with Crippen LogP contribution >= 0.6 is 0 Å². The van der Waals surface area contributed by atoms with Crippen molar-refractivity contribution < 1.29 is 4.79 Å². The lowest BCUT2D eigenvalue weighted by Gasteiger charge is -2.13. The van der Waals surface area contributed by atoms with Gasteiger partial charge in [0.2, 0.25) is 0 Å². The molecule has 0 radical (unpaired) electrons. The summed E-state index contributed by atoms with van der Waals surface area (Å²) in [5, 5.41) is 7.63. The van der Waals surface area contributed by atoms with Crippen molar-refractivity contribution in [3.05, 3.63) is 76.9 Å². The van der Waals surface area contributed by atoms with Crippen LogP contribution in [-0.2, 0) is 6.54 Å². The van der Waals surface area contributed by atoms with Crippen LogP contribution in [0.15, 0.2) is 48.7 Å². The molecule has 0 fully saturated rings. The fraction of sp³-hybridized carbons (Fsp3) is 0.286. The number of nitrogens with one attached hydrogen (secondary N) is 1. The van der Waals surface area contributed by atoms with Crippen molar-refractivity contribution in [3.63, 3.8) is 0 Å². The molecule has 3 rings (SSSR count). The van der Waals surface area contributed by atoms with Crippen LogP contribution in [0.2, 0.25) is 0 Å². The quantitative estimate of drug-likeness (QED) is 0.760. The molecule has 0 aliphatic heterocycles. The van der Waals surface area contributed by atoms with Crippen LogP contribution in [0.5, 0.6) is 0 Å². The van der Waals surface area contributed by atoms with Crippen LogP contribution in [-0.4, -0.2) is 20.7 Å². The van der Waals surface area contributed by atoms with E-state index in [1.807, 2.05) is 41.9 Å². The molecule has 5 nitrogen and oxygen atoms in total. The van der Waals surface area contributed by atoms with Crippen LogP contribution < -0.4 is 5.32 Å². The highest BCUT2D eigenvalue weighted by Crippen LogP contribution is 2.26. The summed E-state index contributed by atoms with van der Waals surface area (Å²) in [6.45, 7) is 8.49. The Balaban J connectivity index is 1.95. The van der Waals surface area contributed by atoms with Crippen molar-refractivity contribution in [2.24, 2.45) is 0 Å². The summed E-state index contributed by atoms with van der Waals surface area (Å²) in [5.74, 6) is 0.0445. The van der Waals surface area contributed by atoms with E-state index in [1.54, 1.807) is 6.20 Å². The number of pyridine rings is 1. The first kappa shape index (κ1) is 17.9. The van der Waals surface area contributed by atoms with Gasteiger partial charge in [-0.1, -0.05) is 32.0 Å². The molecule has 0 bridgehead atoms. The lowest BCUT2D eigenvalue weighted by molar-refractivity contribution is 0.0948. The number of hydrogen-bond acceptors (Lipinski definition) is 3. The molecule has 134 valence electrons. The maximum atomic E-state index is 12.9. The minimum absolute atomic E-state index is 0.115. The molecule has 1 N–H and O–H groups in total. The van der Waals surface area contributed by atoms with E-state index in [9.17, 15) is 4.79 Å². The number of aromatic nitrogens is 3. The third-order valence-corrected chi connectivity index (χ3v) is 4.27. The Morgan fingerprint density at radius 1 is 1.15 bits per heavy atom. The van der Waals surface area contributed by atoms with E-state index in [0.717, 1.165) is 28.3 Å². The highest BCUT2D eigenvalue weighted by atomic mass is 16.1. The summed E-state index contributed by atoms with van der Waals surface area (Å²) >= 11 is 0. The molecule has 3 aromatic rings. The van der Waals surface area contributed by atoms with Crippen LogP contribution in [0.4, 0.5) is 0 Å². The number of aryl methyl sites for hydroxylation is 2. The monoisotopic (exact) mass is 348 g/mol. The Morgan fingerprint density at radius 2 is 1.96 bits per heavy atom. The Bertz CT molecular complexity index is 913. The van der Waals surface area contributed by atoms with Gasteiger partial charge in [0, 0.05) is 6.20 Å². The minimum Gasteiger partial charge on any atom is -0.346 e. The van der Waals surface area contributed by atoms with Crippen LogP contribution in [0.1, 0.15) is 52.8 Å². The highest BCUT2D eigenvalue weighted by Gasteiger charge is 2.24. The molecule has 26 heavy (non-hydrogen) atoms. The Morgan fingerprint density at radius 3 is 2.62 bits per heavy atom. The van der Waals surface area contributed by atoms with E-state index >= 15 is 0 Å². The molecule has 0 unspecified atom stereocenters. The Hall–Kier alpha value is -2.95. The number of hydrogen-bond donors (Lipinski definition) is 1. The molecule has 0 aliphatic carbocycles. The number of carbonyl (C=O) groups excluding carboxylic acids is 1. The molecule has 1 amide bonds. The third-order valence-electron chi connectivity index (χ3n) is 4.27. The second-order valence-electron chi connectivity index (χ2n) is 6.75. The largest absolute Gasteiger partial charge is 0.346 e. The van der Waals surface area contributed by atoms with Gasteiger partial charge in [0.05, 0.1) is 34.9 Å². The van der Waals surface area contributed by atoms with Gasteiger partial charge in [-0.2, -0.15) is 5.10 Å². The summed E-state index contributed by atoms with van der Waals surface area (Å²) in [4.78, 5) is 17.1. The molecule has 5 heteroatoms. The predicted molar refractivity (Wildman–Crippen MR) is 103 cm³/mol. The van der Waals surface area contributed by atoms with Gasteiger partial charge < -0.3 is 5.32 Å². The number of carbonyl (C=O) groups is 1. The standard InChI is InChI=1S/C21H24N4O/c1-14(2)20-19(21(26)23-13-17-9-5-6-11-22-17)16(4)24-25(20)18-10-7-8-15(3)12-18/h5-12,14H,13H2,1-4H3,(H,23,26). The zero-order valence-corrected chi connectivity index (χ0v) is 15.7. The van der Waals surface area contributed by atoms with Crippen molar-refractivity contribution in [3.8, 4) is 5.69 Å². The first-order valence-corrected chi connectivity index (χ1v) is 8.82. The van der Waals surface area contributed by atoms with Gasteiger partial charge in [-0.3, -0.25) is 9.78 Å². The molecule has 0 saturated heterocycles. The highest BCUT2D eigenvalue weighted by molar-refractivity contribution is 5.96. The molecule has 0 saturated carbocycles. The first-order chi connectivity index (χ1) is 12.5. The fourth-order valence-electron chi connectivity index (χ4n) is 3.08. The summed E-state index contributed by atoms with van der Waals surface area (Å²) in [7, 11) is 0. The normalized spacial score (nSPS) is 11.0. The maximum absolute atomic E-state index is 12.9. The molecule has 2 heterocycles. The zero-order valence-electron chi connectivity index (χ0n) is 15.7. The van der Waals surface area contributed by atoms with Gasteiger partial charge in [0.15, 0.2) is 0 Å². The van der Waals surface area contributed by atoms with Crippen molar-refractivity contribution >= 4 is 5.91 Å². The van der Waals surface area contributed by atoms with Crippen LogP contribution in [0.25, 0.3) is 5.69 Å². The van der Waals surface area contributed by atoms with Gasteiger partial charge in [-0.25, -0.2) is 4.68 Å². The second-order valence-corrected chi connectivity index (χ2v) is 6.75. The van der Waals surface area contributed by atoms with Crippen molar-refractivity contribution in [2.45, 2.75) is 40.2 Å².